The Morgan fingerprint density at radius 1 is 1.24 bits per heavy atom. The quantitative estimate of drug-likeness (QED) is 0.807. The van der Waals surface area contributed by atoms with Crippen LogP contribution in [0.1, 0.15) is 34.6 Å². The van der Waals surface area contributed by atoms with Crippen LogP contribution >= 0.6 is 0 Å². The zero-order valence-corrected chi connectivity index (χ0v) is 11.7. The van der Waals surface area contributed by atoms with E-state index in [0.29, 0.717) is 5.88 Å². The van der Waals surface area contributed by atoms with Gasteiger partial charge in [0.05, 0.1) is 6.10 Å². The van der Waals surface area contributed by atoms with E-state index in [1.807, 2.05) is 20.9 Å². The van der Waals surface area contributed by atoms with E-state index in [4.69, 9.17) is 4.74 Å². The SMILES string of the molecule is CC(C)Oc1nccnc1N(C)CC(C)(C)C. The molecule has 1 rings (SSSR count). The van der Waals surface area contributed by atoms with Crippen molar-refractivity contribution in [1.29, 1.82) is 0 Å². The number of hydrogen-bond acceptors (Lipinski definition) is 4. The van der Waals surface area contributed by atoms with E-state index >= 15 is 0 Å². The van der Waals surface area contributed by atoms with E-state index in [1.54, 1.807) is 12.4 Å². The Morgan fingerprint density at radius 3 is 2.35 bits per heavy atom. The highest BCUT2D eigenvalue weighted by Gasteiger charge is 2.18. The van der Waals surface area contributed by atoms with Gasteiger partial charge in [-0.25, -0.2) is 9.97 Å². The van der Waals surface area contributed by atoms with Crippen LogP contribution in [0.4, 0.5) is 5.82 Å². The lowest BCUT2D eigenvalue weighted by molar-refractivity contribution is 0.232. The van der Waals surface area contributed by atoms with Crippen molar-refractivity contribution >= 4 is 5.82 Å². The van der Waals surface area contributed by atoms with Crippen LogP contribution in [-0.4, -0.2) is 29.7 Å². The Morgan fingerprint density at radius 2 is 1.82 bits per heavy atom. The molecule has 0 aromatic carbocycles. The van der Waals surface area contributed by atoms with E-state index in [-0.39, 0.29) is 11.5 Å². The van der Waals surface area contributed by atoms with Crippen molar-refractivity contribution in [2.24, 2.45) is 5.41 Å². The molecule has 1 aromatic heterocycles. The van der Waals surface area contributed by atoms with Gasteiger partial charge in [-0.1, -0.05) is 20.8 Å². The molecule has 0 fully saturated rings. The largest absolute Gasteiger partial charge is 0.472 e. The maximum Gasteiger partial charge on any atom is 0.257 e. The van der Waals surface area contributed by atoms with E-state index in [9.17, 15) is 0 Å². The van der Waals surface area contributed by atoms with Gasteiger partial charge in [-0.15, -0.1) is 0 Å². The number of hydrogen-bond donors (Lipinski definition) is 0. The van der Waals surface area contributed by atoms with Crippen molar-refractivity contribution in [2.75, 3.05) is 18.5 Å². The van der Waals surface area contributed by atoms with Gasteiger partial charge in [0, 0.05) is 26.0 Å². The van der Waals surface area contributed by atoms with Gasteiger partial charge >= 0.3 is 0 Å². The Hall–Kier alpha value is -1.32. The first-order valence-corrected chi connectivity index (χ1v) is 5.98. The molecule has 4 heteroatoms. The van der Waals surface area contributed by atoms with Crippen molar-refractivity contribution in [3.63, 3.8) is 0 Å². The molecule has 0 saturated carbocycles. The molecular formula is C13H23N3O. The number of nitrogens with zero attached hydrogens (tertiary/aromatic N) is 3. The Balaban J connectivity index is 2.88. The van der Waals surface area contributed by atoms with Gasteiger partial charge in [-0.05, 0) is 19.3 Å². The molecule has 0 amide bonds. The molecule has 96 valence electrons. The first kappa shape index (κ1) is 13.7. The lowest BCUT2D eigenvalue weighted by Crippen LogP contribution is -2.30. The van der Waals surface area contributed by atoms with Crippen molar-refractivity contribution < 1.29 is 4.74 Å². The van der Waals surface area contributed by atoms with Gasteiger partial charge in [0.15, 0.2) is 5.82 Å². The summed E-state index contributed by atoms with van der Waals surface area (Å²) in [6.07, 6.45) is 3.46. The molecule has 17 heavy (non-hydrogen) atoms. The zero-order chi connectivity index (χ0) is 13.1. The standard InChI is InChI=1S/C13H23N3O/c1-10(2)17-12-11(14-7-8-15-12)16(6)9-13(3,4)5/h7-8,10H,9H2,1-6H3. The fourth-order valence-corrected chi connectivity index (χ4v) is 1.67. The summed E-state index contributed by atoms with van der Waals surface area (Å²) in [5.74, 6) is 1.41. The summed E-state index contributed by atoms with van der Waals surface area (Å²) >= 11 is 0. The van der Waals surface area contributed by atoms with E-state index in [2.05, 4.69) is 35.6 Å². The molecule has 1 aromatic rings. The third-order valence-electron chi connectivity index (χ3n) is 2.07. The molecule has 4 nitrogen and oxygen atoms in total. The molecule has 1 heterocycles. The average molecular weight is 237 g/mol. The van der Waals surface area contributed by atoms with Crippen molar-refractivity contribution in [2.45, 2.75) is 40.7 Å². The van der Waals surface area contributed by atoms with Gasteiger partial charge in [0.1, 0.15) is 0 Å². The summed E-state index contributed by atoms with van der Waals surface area (Å²) in [6, 6.07) is 0. The third-order valence-corrected chi connectivity index (χ3v) is 2.07. The van der Waals surface area contributed by atoms with Crippen LogP contribution in [-0.2, 0) is 0 Å². The van der Waals surface area contributed by atoms with Crippen LogP contribution in [0.3, 0.4) is 0 Å². The van der Waals surface area contributed by atoms with Gasteiger partial charge in [0.2, 0.25) is 0 Å². The average Bonchev–Trinajstić information content (AvgIpc) is 2.14. The van der Waals surface area contributed by atoms with Crippen LogP contribution in [0.5, 0.6) is 5.88 Å². The number of anilines is 1. The molecule has 0 unspecified atom stereocenters. The summed E-state index contributed by atoms with van der Waals surface area (Å²) < 4.78 is 5.67. The van der Waals surface area contributed by atoms with E-state index in [0.717, 1.165) is 12.4 Å². The van der Waals surface area contributed by atoms with Crippen LogP contribution in [0.2, 0.25) is 0 Å². The summed E-state index contributed by atoms with van der Waals surface area (Å²) in [6.45, 7) is 11.5. The first-order chi connectivity index (χ1) is 7.79. The number of aromatic nitrogens is 2. The summed E-state index contributed by atoms with van der Waals surface area (Å²) in [4.78, 5) is 10.7. The second kappa shape index (κ2) is 5.34. The predicted octanol–water partition coefficient (Wildman–Crippen LogP) is 2.75. The highest BCUT2D eigenvalue weighted by atomic mass is 16.5. The minimum atomic E-state index is 0.105. The minimum absolute atomic E-state index is 0.105. The normalized spacial score (nSPS) is 11.7. The maximum absolute atomic E-state index is 5.67. The fraction of sp³-hybridized carbons (Fsp3) is 0.692. The Bertz CT molecular complexity index is 358. The van der Waals surface area contributed by atoms with Gasteiger partial charge in [-0.3, -0.25) is 0 Å². The lowest BCUT2D eigenvalue weighted by Gasteiger charge is -2.28. The number of ether oxygens (including phenoxy) is 1. The smallest absolute Gasteiger partial charge is 0.257 e. The summed E-state index contributed by atoms with van der Waals surface area (Å²) in [7, 11) is 2.02. The first-order valence-electron chi connectivity index (χ1n) is 5.98. The minimum Gasteiger partial charge on any atom is -0.472 e. The third kappa shape index (κ3) is 4.59. The predicted molar refractivity (Wildman–Crippen MR) is 70.5 cm³/mol. The van der Waals surface area contributed by atoms with Crippen molar-refractivity contribution in [1.82, 2.24) is 9.97 Å². The van der Waals surface area contributed by atoms with Crippen LogP contribution in [0, 0.1) is 5.41 Å². The highest BCUT2D eigenvalue weighted by Crippen LogP contribution is 2.25. The van der Waals surface area contributed by atoms with Gasteiger partial charge in [0.25, 0.3) is 5.88 Å². The molecule has 0 N–H and O–H groups in total. The molecule has 0 bridgehead atoms. The van der Waals surface area contributed by atoms with Gasteiger partial charge in [-0.2, -0.15) is 0 Å². The molecule has 0 spiro atoms. The van der Waals surface area contributed by atoms with E-state index in [1.165, 1.54) is 0 Å². The molecule has 0 aliphatic rings. The molecule has 0 atom stereocenters. The van der Waals surface area contributed by atoms with E-state index < -0.39 is 0 Å². The molecular weight excluding hydrogens is 214 g/mol. The topological polar surface area (TPSA) is 38.3 Å². The van der Waals surface area contributed by atoms with Crippen LogP contribution < -0.4 is 9.64 Å². The Labute approximate surface area is 104 Å². The summed E-state index contributed by atoms with van der Waals surface area (Å²) in [5, 5.41) is 0. The molecule has 0 radical (unpaired) electrons. The van der Waals surface area contributed by atoms with Gasteiger partial charge < -0.3 is 9.64 Å². The second-order valence-corrected chi connectivity index (χ2v) is 5.77. The van der Waals surface area contributed by atoms with Crippen molar-refractivity contribution in [3.8, 4) is 5.88 Å². The summed E-state index contributed by atoms with van der Waals surface area (Å²) in [5.41, 5.74) is 0.210. The zero-order valence-electron chi connectivity index (χ0n) is 11.7. The monoisotopic (exact) mass is 237 g/mol. The Kier molecular flexibility index (Phi) is 4.32. The number of rotatable bonds is 4. The maximum atomic E-state index is 5.67. The fourth-order valence-electron chi connectivity index (χ4n) is 1.67. The van der Waals surface area contributed by atoms with Crippen LogP contribution in [0.15, 0.2) is 12.4 Å². The molecule has 0 saturated heterocycles. The van der Waals surface area contributed by atoms with Crippen LogP contribution in [0.25, 0.3) is 0 Å². The lowest BCUT2D eigenvalue weighted by atomic mass is 9.96. The van der Waals surface area contributed by atoms with Crippen molar-refractivity contribution in [3.05, 3.63) is 12.4 Å². The molecule has 0 aliphatic heterocycles. The highest BCUT2D eigenvalue weighted by molar-refractivity contribution is 5.47. The second-order valence-electron chi connectivity index (χ2n) is 5.77. The molecule has 0 aliphatic carbocycles.